The number of ether oxygens (including phenoxy) is 15. The Morgan fingerprint density at radius 2 is 0.895 bits per heavy atom. The van der Waals surface area contributed by atoms with Crippen LogP contribution in [0.5, 0.6) is 11.5 Å². The molecule has 8 rings (SSSR count). The zero-order valence-electron chi connectivity index (χ0n) is 50.7. The highest BCUT2D eigenvalue weighted by Gasteiger charge is 2.65. The van der Waals surface area contributed by atoms with Crippen LogP contribution in [0.2, 0.25) is 0 Å². The van der Waals surface area contributed by atoms with Gasteiger partial charge >= 0.3 is 35.8 Å². The largest absolute Gasteiger partial charge is 0.508 e. The fourth-order valence-electron chi connectivity index (χ4n) is 10.6. The van der Waals surface area contributed by atoms with E-state index in [1.54, 1.807) is 6.07 Å². The Morgan fingerprint density at radius 1 is 0.442 bits per heavy atom. The summed E-state index contributed by atoms with van der Waals surface area (Å²) in [6.07, 6.45) is -45.8. The van der Waals surface area contributed by atoms with E-state index in [2.05, 4.69) is 0 Å². The summed E-state index contributed by atoms with van der Waals surface area (Å²) in [4.78, 5) is 80.7. The van der Waals surface area contributed by atoms with E-state index in [1.165, 1.54) is 84.9 Å². The summed E-state index contributed by atoms with van der Waals surface area (Å²) in [5.41, 5.74) is 0.483. The molecule has 0 spiro atoms. The lowest BCUT2D eigenvalue weighted by molar-refractivity contribution is -0.423. The van der Waals surface area contributed by atoms with Gasteiger partial charge in [-0.1, -0.05) is 42.5 Å². The zero-order chi connectivity index (χ0) is 69.0. The molecule has 0 bridgehead atoms. The van der Waals surface area contributed by atoms with Crippen molar-refractivity contribution in [1.82, 2.24) is 0 Å². The molecule has 24 atom stereocenters. The van der Waals surface area contributed by atoms with E-state index in [0.29, 0.717) is 5.56 Å². The second kappa shape index (κ2) is 33.1. The summed E-state index contributed by atoms with van der Waals surface area (Å²) in [5.74, 6) is -10.2. The van der Waals surface area contributed by atoms with E-state index in [4.69, 9.17) is 71.1 Å². The number of phenols is 2. The Morgan fingerprint density at radius 3 is 1.39 bits per heavy atom. The van der Waals surface area contributed by atoms with E-state index in [0.717, 1.165) is 32.9 Å². The van der Waals surface area contributed by atoms with Crippen LogP contribution in [0.4, 0.5) is 0 Å². The van der Waals surface area contributed by atoms with Gasteiger partial charge in [0.15, 0.2) is 43.5 Å². The van der Waals surface area contributed by atoms with Crippen LogP contribution in [0.25, 0.3) is 12.2 Å². The SMILES string of the molecule is CC(=O)OC[C@H]1O[C@H](O[C@]2(COC(=O)/C=C/c3ccc(O)cc3)O[C@H](CO)[C@@H](O)[C@@H]2OC(=O)c2ccccc2)[C@H](O[C@@H]2O[C@H](CO)[C@@H](O)[C@H](O)[C@H]2O)[C@@H](O[C@H]2O[C@H](COC(C)=O)[C@@H](OC(C)=O)[C@H](O[C@H]3O[C@H](CO)[C@@H](O)[C@H](O)[C@H]3O)[C@H]2O)[C@@H]1OC(=O)/C=C/c1ccc(O)cc1. The number of carbonyl (C=O) groups is 6. The molecule has 0 unspecified atom stereocenters. The summed E-state index contributed by atoms with van der Waals surface area (Å²) in [6, 6.07) is 17.8. The lowest BCUT2D eigenvalue weighted by atomic mass is 9.95. The van der Waals surface area contributed by atoms with Crippen LogP contribution in [0.1, 0.15) is 42.3 Å². The Labute approximate surface area is 539 Å². The van der Waals surface area contributed by atoms with Crippen LogP contribution < -0.4 is 0 Å². The molecule has 3 aromatic carbocycles. The van der Waals surface area contributed by atoms with Gasteiger partial charge in [0.25, 0.3) is 0 Å². The molecular formula is C61H74O34. The molecule has 0 saturated carbocycles. The molecule has 34 nitrogen and oxygen atoms in total. The van der Waals surface area contributed by atoms with Crippen molar-refractivity contribution < 1.29 is 166 Å². The van der Waals surface area contributed by atoms with Gasteiger partial charge in [0.1, 0.15) is 129 Å². The highest BCUT2D eigenvalue weighted by Crippen LogP contribution is 2.43. The van der Waals surface area contributed by atoms with E-state index < -0.39 is 222 Å². The molecule has 5 heterocycles. The van der Waals surface area contributed by atoms with Crippen molar-refractivity contribution >= 4 is 48.0 Å². The summed E-state index contributed by atoms with van der Waals surface area (Å²) < 4.78 is 90.1. The van der Waals surface area contributed by atoms with Crippen molar-refractivity contribution in [2.24, 2.45) is 0 Å². The maximum absolute atomic E-state index is 14.4. The molecule has 0 aromatic heterocycles. The number of esters is 6. The Bertz CT molecular complexity index is 3090. The summed E-state index contributed by atoms with van der Waals surface area (Å²) in [7, 11) is 0. The van der Waals surface area contributed by atoms with Crippen molar-refractivity contribution in [3.63, 3.8) is 0 Å². The van der Waals surface area contributed by atoms with E-state index in [9.17, 15) is 95.2 Å². The first-order valence-electron chi connectivity index (χ1n) is 29.5. The van der Waals surface area contributed by atoms with E-state index in [-0.39, 0.29) is 22.6 Å². The third kappa shape index (κ3) is 18.3. The van der Waals surface area contributed by atoms with Gasteiger partial charge in [-0.3, -0.25) is 14.4 Å². The molecule has 13 N–H and O–H groups in total. The third-order valence-corrected chi connectivity index (χ3v) is 15.5. The number of aliphatic hydroxyl groups excluding tert-OH is 11. The maximum Gasteiger partial charge on any atom is 0.338 e. The third-order valence-electron chi connectivity index (χ3n) is 15.5. The summed E-state index contributed by atoms with van der Waals surface area (Å²) in [6.45, 7) is -3.65. The van der Waals surface area contributed by atoms with Crippen molar-refractivity contribution in [2.75, 3.05) is 39.6 Å². The highest BCUT2D eigenvalue weighted by molar-refractivity contribution is 5.90. The van der Waals surface area contributed by atoms with E-state index >= 15 is 0 Å². The van der Waals surface area contributed by atoms with Crippen LogP contribution in [-0.4, -0.2) is 289 Å². The van der Waals surface area contributed by atoms with Gasteiger partial charge < -0.3 is 137 Å². The standard InChI is InChI=1S/C61H74O34/c1-27(65)81-24-38-50(84-29(3)67)52(90-57-47(77)45(75)42(72)35(21-62)85-57)49(79)59(87-38)91-53-51(89-41(71)20-14-31-11-17-34(69)18-12-31)39(25-82-28(2)66)88-60(54(53)92-58-48(78)46(76)43(73)36(22-63)86-58)95-61(26-83-40(70)19-13-30-9-15-33(68)16-10-30)55(44(74)37(23-64)94-61)93-56(80)32-7-5-4-6-8-32/h4-20,35-39,42-55,57-60,62-64,68-69,72-79H,21-26H2,1-3H3/b19-13+,20-14+/t35-,36-,37-,38-,39-,42-,43-,44-,45+,46+,47-,48-,49-,50-,51-,52-,53+,54-,55+,57-,58+,59-,60-,61+/m1/s1. The quantitative estimate of drug-likeness (QED) is 0.0216. The number of rotatable bonds is 25. The molecule has 0 amide bonds. The van der Waals surface area contributed by atoms with Gasteiger partial charge in [0.2, 0.25) is 5.79 Å². The van der Waals surface area contributed by atoms with Crippen LogP contribution in [0.15, 0.2) is 91.0 Å². The number of hydrogen-bond donors (Lipinski definition) is 13. The first-order chi connectivity index (χ1) is 45.2. The first kappa shape index (κ1) is 73.6. The van der Waals surface area contributed by atoms with Gasteiger partial charge in [-0.15, -0.1) is 0 Å². The smallest absolute Gasteiger partial charge is 0.338 e. The number of benzene rings is 3. The Balaban J connectivity index is 1.32. The molecule has 3 aromatic rings. The summed E-state index contributed by atoms with van der Waals surface area (Å²) >= 11 is 0. The second-order valence-electron chi connectivity index (χ2n) is 22.3. The molecule has 5 fully saturated rings. The fourth-order valence-corrected chi connectivity index (χ4v) is 10.6. The average molecular weight is 1350 g/mol. The molecule has 34 heteroatoms. The lowest BCUT2D eigenvalue weighted by Gasteiger charge is -2.51. The molecule has 0 radical (unpaired) electrons. The maximum atomic E-state index is 14.4. The number of carbonyl (C=O) groups excluding carboxylic acids is 6. The summed E-state index contributed by atoms with van der Waals surface area (Å²) in [5, 5.41) is 142. The van der Waals surface area contributed by atoms with Crippen molar-refractivity contribution in [3.05, 3.63) is 108 Å². The fraction of sp³-hybridized carbons (Fsp3) is 0.541. The normalized spacial score (nSPS) is 35.7. The van der Waals surface area contributed by atoms with Gasteiger partial charge in [-0.2, -0.15) is 0 Å². The minimum absolute atomic E-state index is 0.118. The molecule has 0 aliphatic carbocycles. The van der Waals surface area contributed by atoms with Gasteiger partial charge in [0.05, 0.1) is 25.4 Å². The van der Waals surface area contributed by atoms with Gasteiger partial charge in [-0.05, 0) is 59.7 Å². The highest BCUT2D eigenvalue weighted by atomic mass is 16.8. The number of hydrogen-bond acceptors (Lipinski definition) is 34. The topological polar surface area (TPSA) is 504 Å². The second-order valence-corrected chi connectivity index (χ2v) is 22.3. The Kier molecular flexibility index (Phi) is 25.7. The van der Waals surface area contributed by atoms with Crippen LogP contribution in [-0.2, 0) is 95.0 Å². The monoisotopic (exact) mass is 1350 g/mol. The van der Waals surface area contributed by atoms with Crippen LogP contribution >= 0.6 is 0 Å². The van der Waals surface area contributed by atoms with Crippen molar-refractivity contribution in [3.8, 4) is 11.5 Å². The van der Waals surface area contributed by atoms with Crippen molar-refractivity contribution in [1.29, 1.82) is 0 Å². The minimum Gasteiger partial charge on any atom is -0.508 e. The van der Waals surface area contributed by atoms with Gasteiger partial charge in [-0.25, -0.2) is 14.4 Å². The molecule has 5 saturated heterocycles. The first-order valence-corrected chi connectivity index (χ1v) is 29.5. The molecule has 5 aliphatic heterocycles. The predicted octanol–water partition coefficient (Wildman–Crippen LogP) is -4.41. The molecular weight excluding hydrogens is 1280 g/mol. The minimum atomic E-state index is -3.02. The van der Waals surface area contributed by atoms with Crippen LogP contribution in [0, 0.1) is 0 Å². The molecule has 522 valence electrons. The predicted molar refractivity (Wildman–Crippen MR) is 307 cm³/mol. The Hall–Kier alpha value is -7.24. The zero-order valence-corrected chi connectivity index (χ0v) is 50.7. The molecule has 95 heavy (non-hydrogen) atoms. The number of aliphatic hydroxyl groups is 11. The van der Waals surface area contributed by atoms with E-state index in [1.807, 2.05) is 0 Å². The van der Waals surface area contributed by atoms with Crippen LogP contribution in [0.3, 0.4) is 0 Å². The lowest BCUT2D eigenvalue weighted by Crippen LogP contribution is -2.70. The van der Waals surface area contributed by atoms with Gasteiger partial charge in [0, 0.05) is 32.9 Å². The number of phenolic OH excluding ortho intramolecular Hbond substituents is 2. The average Bonchev–Trinajstić information content (AvgIpc) is 1.73. The number of aromatic hydroxyl groups is 2. The molecule has 5 aliphatic rings. The van der Waals surface area contributed by atoms with Crippen molar-refractivity contribution in [2.45, 2.75) is 168 Å².